The van der Waals surface area contributed by atoms with Gasteiger partial charge < -0.3 is 10.5 Å². The molecule has 0 aliphatic heterocycles. The van der Waals surface area contributed by atoms with E-state index in [2.05, 4.69) is 17.1 Å². The summed E-state index contributed by atoms with van der Waals surface area (Å²) in [5, 5.41) is 0. The Balaban J connectivity index is 1.58. The number of thiocarbonyl (C=S) groups is 1. The van der Waals surface area contributed by atoms with Gasteiger partial charge in [0.1, 0.15) is 0 Å². The monoisotopic (exact) mass is 264 g/mol. The van der Waals surface area contributed by atoms with Crippen LogP contribution in [0.2, 0.25) is 0 Å². The zero-order valence-corrected chi connectivity index (χ0v) is 11.4. The van der Waals surface area contributed by atoms with Crippen molar-refractivity contribution in [2.24, 2.45) is 11.1 Å². The van der Waals surface area contributed by atoms with Gasteiger partial charge >= 0.3 is 0 Å². The first-order valence-corrected chi connectivity index (χ1v) is 6.86. The summed E-state index contributed by atoms with van der Waals surface area (Å²) in [7, 11) is 0. The van der Waals surface area contributed by atoms with E-state index in [0.29, 0.717) is 4.99 Å². The molecule has 1 fully saturated rings. The molecule has 0 radical (unpaired) electrons. The molecular weight excluding hydrogens is 244 g/mol. The SMILES string of the molecule is NC(=S)CC1(COCCCc2ccncc2)CC1. The van der Waals surface area contributed by atoms with Crippen LogP contribution < -0.4 is 5.73 Å². The highest BCUT2D eigenvalue weighted by atomic mass is 32.1. The number of nitrogens with zero attached hydrogens (tertiary/aromatic N) is 1. The Morgan fingerprint density at radius 1 is 1.39 bits per heavy atom. The Kier molecular flexibility index (Phi) is 4.66. The largest absolute Gasteiger partial charge is 0.393 e. The number of pyridine rings is 1. The van der Waals surface area contributed by atoms with Crippen molar-refractivity contribution in [3.8, 4) is 0 Å². The molecule has 0 amide bonds. The number of aromatic nitrogens is 1. The first-order chi connectivity index (χ1) is 8.70. The van der Waals surface area contributed by atoms with E-state index >= 15 is 0 Å². The zero-order valence-electron chi connectivity index (χ0n) is 10.6. The third kappa shape index (κ3) is 4.35. The highest BCUT2D eigenvalue weighted by Crippen LogP contribution is 2.48. The van der Waals surface area contributed by atoms with Gasteiger partial charge in [-0.15, -0.1) is 0 Å². The molecule has 2 N–H and O–H groups in total. The molecule has 0 bridgehead atoms. The lowest BCUT2D eigenvalue weighted by Gasteiger charge is -2.14. The van der Waals surface area contributed by atoms with E-state index < -0.39 is 0 Å². The van der Waals surface area contributed by atoms with Crippen molar-refractivity contribution in [2.75, 3.05) is 13.2 Å². The van der Waals surface area contributed by atoms with E-state index in [-0.39, 0.29) is 5.41 Å². The minimum atomic E-state index is 0.280. The van der Waals surface area contributed by atoms with Crippen molar-refractivity contribution >= 4 is 17.2 Å². The van der Waals surface area contributed by atoms with Crippen LogP contribution in [0.1, 0.15) is 31.2 Å². The van der Waals surface area contributed by atoms with Crippen molar-refractivity contribution in [3.63, 3.8) is 0 Å². The number of hydrogen-bond acceptors (Lipinski definition) is 3. The lowest BCUT2D eigenvalue weighted by atomic mass is 10.0. The van der Waals surface area contributed by atoms with Gasteiger partial charge in [-0.1, -0.05) is 12.2 Å². The molecule has 0 unspecified atom stereocenters. The lowest BCUT2D eigenvalue weighted by Crippen LogP contribution is -2.19. The number of nitrogens with two attached hydrogens (primary N) is 1. The van der Waals surface area contributed by atoms with Crippen molar-refractivity contribution < 1.29 is 4.74 Å². The molecule has 0 spiro atoms. The van der Waals surface area contributed by atoms with Gasteiger partial charge in [0.25, 0.3) is 0 Å². The van der Waals surface area contributed by atoms with Crippen molar-refractivity contribution in [1.82, 2.24) is 4.98 Å². The Labute approximate surface area is 114 Å². The average Bonchev–Trinajstić information content (AvgIpc) is 3.09. The molecule has 4 heteroatoms. The van der Waals surface area contributed by atoms with Gasteiger partial charge in [-0.2, -0.15) is 0 Å². The summed E-state index contributed by atoms with van der Waals surface area (Å²) in [6.45, 7) is 1.61. The minimum absolute atomic E-state index is 0.280. The number of rotatable bonds is 8. The Hall–Kier alpha value is -1.00. The number of aryl methyl sites for hydroxylation is 1. The summed E-state index contributed by atoms with van der Waals surface area (Å²) in [4.78, 5) is 4.62. The van der Waals surface area contributed by atoms with Crippen LogP contribution in [0.3, 0.4) is 0 Å². The standard InChI is InChI=1S/C14H20N2OS/c15-13(18)10-14(5-6-14)11-17-9-1-2-12-3-7-16-8-4-12/h3-4,7-8H,1-2,5-6,9-11H2,(H2,15,18). The highest BCUT2D eigenvalue weighted by molar-refractivity contribution is 7.80. The average molecular weight is 264 g/mol. The van der Waals surface area contributed by atoms with Crippen molar-refractivity contribution in [2.45, 2.75) is 32.1 Å². The smallest absolute Gasteiger partial charge is 0.0733 e. The van der Waals surface area contributed by atoms with Crippen molar-refractivity contribution in [1.29, 1.82) is 0 Å². The summed E-state index contributed by atoms with van der Waals surface area (Å²) in [6.07, 6.45) is 9.00. The first kappa shape index (κ1) is 13.4. The molecule has 0 saturated heterocycles. The fraction of sp³-hybridized carbons (Fsp3) is 0.571. The van der Waals surface area contributed by atoms with Gasteiger partial charge in [0.05, 0.1) is 11.6 Å². The first-order valence-electron chi connectivity index (χ1n) is 6.45. The molecule has 2 rings (SSSR count). The molecule has 1 heterocycles. The third-order valence-corrected chi connectivity index (χ3v) is 3.56. The molecule has 3 nitrogen and oxygen atoms in total. The Morgan fingerprint density at radius 2 is 2.11 bits per heavy atom. The fourth-order valence-corrected chi connectivity index (χ4v) is 2.44. The van der Waals surface area contributed by atoms with Gasteiger partial charge in [-0.05, 0) is 43.4 Å². The van der Waals surface area contributed by atoms with Gasteiger partial charge in [0, 0.05) is 30.8 Å². The Bertz CT molecular complexity index is 390. The van der Waals surface area contributed by atoms with E-state index in [1.54, 1.807) is 0 Å². The summed E-state index contributed by atoms with van der Waals surface area (Å²) in [5.74, 6) is 0. The van der Waals surface area contributed by atoms with Crippen LogP contribution in [0.5, 0.6) is 0 Å². The molecule has 1 aliphatic rings. The predicted octanol–water partition coefficient (Wildman–Crippen LogP) is 2.49. The molecule has 1 aliphatic carbocycles. The molecule has 0 atom stereocenters. The minimum Gasteiger partial charge on any atom is -0.393 e. The zero-order chi connectivity index (χ0) is 12.8. The van der Waals surface area contributed by atoms with E-state index in [0.717, 1.165) is 32.5 Å². The second-order valence-electron chi connectivity index (χ2n) is 5.15. The van der Waals surface area contributed by atoms with Crippen LogP contribution in [-0.2, 0) is 11.2 Å². The Morgan fingerprint density at radius 3 is 2.72 bits per heavy atom. The molecule has 18 heavy (non-hydrogen) atoms. The predicted molar refractivity (Wildman–Crippen MR) is 76.4 cm³/mol. The molecule has 1 aromatic heterocycles. The number of ether oxygens (including phenoxy) is 1. The van der Waals surface area contributed by atoms with E-state index in [4.69, 9.17) is 22.7 Å². The van der Waals surface area contributed by atoms with Gasteiger partial charge in [0.15, 0.2) is 0 Å². The maximum Gasteiger partial charge on any atom is 0.0733 e. The van der Waals surface area contributed by atoms with Crippen LogP contribution in [0.15, 0.2) is 24.5 Å². The van der Waals surface area contributed by atoms with E-state index in [9.17, 15) is 0 Å². The molecule has 0 aromatic carbocycles. The maximum atomic E-state index is 5.75. The topological polar surface area (TPSA) is 48.1 Å². The van der Waals surface area contributed by atoms with Gasteiger partial charge in [0.2, 0.25) is 0 Å². The van der Waals surface area contributed by atoms with E-state index in [1.165, 1.54) is 18.4 Å². The van der Waals surface area contributed by atoms with Crippen LogP contribution >= 0.6 is 12.2 Å². The second kappa shape index (κ2) is 6.25. The van der Waals surface area contributed by atoms with Gasteiger partial charge in [-0.25, -0.2) is 0 Å². The second-order valence-corrected chi connectivity index (χ2v) is 5.68. The van der Waals surface area contributed by atoms with Crippen LogP contribution in [0.4, 0.5) is 0 Å². The summed E-state index contributed by atoms with van der Waals surface area (Å²) < 4.78 is 5.75. The third-order valence-electron chi connectivity index (χ3n) is 3.42. The van der Waals surface area contributed by atoms with Gasteiger partial charge in [-0.3, -0.25) is 4.98 Å². The molecular formula is C14H20N2OS. The summed E-state index contributed by atoms with van der Waals surface area (Å²) in [5.41, 5.74) is 7.19. The molecule has 98 valence electrons. The fourth-order valence-electron chi connectivity index (χ4n) is 2.14. The van der Waals surface area contributed by atoms with Crippen LogP contribution in [-0.4, -0.2) is 23.2 Å². The highest BCUT2D eigenvalue weighted by Gasteiger charge is 2.43. The molecule has 1 aromatic rings. The van der Waals surface area contributed by atoms with E-state index in [1.807, 2.05) is 12.4 Å². The molecule has 1 saturated carbocycles. The van der Waals surface area contributed by atoms with Crippen LogP contribution in [0.25, 0.3) is 0 Å². The van der Waals surface area contributed by atoms with Crippen LogP contribution in [0, 0.1) is 5.41 Å². The normalized spacial score (nSPS) is 16.4. The lowest BCUT2D eigenvalue weighted by molar-refractivity contribution is 0.0910. The van der Waals surface area contributed by atoms with Crippen molar-refractivity contribution in [3.05, 3.63) is 30.1 Å². The summed E-state index contributed by atoms with van der Waals surface area (Å²) >= 11 is 4.97. The summed E-state index contributed by atoms with van der Waals surface area (Å²) in [6, 6.07) is 4.10. The maximum absolute atomic E-state index is 5.75. The quantitative estimate of drug-likeness (QED) is 0.579. The number of hydrogen-bond donors (Lipinski definition) is 1.